The molecular formula is C16H34O4PZn+. The zero-order valence-electron chi connectivity index (χ0n) is 15.0. The van der Waals surface area contributed by atoms with Crippen LogP contribution in [0.15, 0.2) is 0 Å². The van der Waals surface area contributed by atoms with Gasteiger partial charge in [-0.2, -0.15) is 0 Å². The molecule has 0 saturated heterocycles. The second-order valence-electron chi connectivity index (χ2n) is 5.87. The van der Waals surface area contributed by atoms with Gasteiger partial charge in [0.05, 0.1) is 13.2 Å². The number of unbranched alkanes of at least 4 members (excludes halogenated alkanes) is 2. The van der Waals surface area contributed by atoms with Crippen molar-refractivity contribution in [3.05, 3.63) is 0 Å². The molecule has 0 radical (unpaired) electrons. The minimum atomic E-state index is -4.14. The molecular weight excluding hydrogens is 353 g/mol. The standard InChI is InChI=1S/C16H35O4P.Zn/c1-5-9-11-15(7-3)13-19-21(17,18)20-14-16(8-4)12-10-6-2;/h15-16H,5-14H2,1-4H3,(H,17,18);/q;+2/p-1. The molecule has 0 aromatic rings. The Morgan fingerprint density at radius 1 is 0.864 bits per heavy atom. The first kappa shape index (κ1) is 25.0. The first-order valence-electron chi connectivity index (χ1n) is 8.59. The van der Waals surface area contributed by atoms with Crippen LogP contribution in [0.4, 0.5) is 0 Å². The van der Waals surface area contributed by atoms with Crippen molar-refractivity contribution < 1.29 is 38.0 Å². The normalized spacial score (nSPS) is 16.6. The van der Waals surface area contributed by atoms with Gasteiger partial charge in [-0.05, 0) is 24.7 Å². The molecule has 0 N–H and O–H groups in total. The number of rotatable bonds is 14. The summed E-state index contributed by atoms with van der Waals surface area (Å²) in [6.07, 6.45) is 8.38. The first-order chi connectivity index (χ1) is 9.99. The van der Waals surface area contributed by atoms with Crippen molar-refractivity contribution in [2.24, 2.45) is 11.8 Å². The van der Waals surface area contributed by atoms with Crippen LogP contribution in [-0.4, -0.2) is 13.2 Å². The third kappa shape index (κ3) is 13.2. The predicted molar refractivity (Wildman–Crippen MR) is 86.1 cm³/mol. The van der Waals surface area contributed by atoms with Crippen LogP contribution < -0.4 is 4.89 Å². The van der Waals surface area contributed by atoms with E-state index in [1.807, 2.05) is 0 Å². The van der Waals surface area contributed by atoms with Gasteiger partial charge in [0.2, 0.25) is 0 Å². The smallest absolute Gasteiger partial charge is 0.756 e. The Bertz CT molecular complexity index is 265. The summed E-state index contributed by atoms with van der Waals surface area (Å²) in [4.78, 5) is 11.8. The van der Waals surface area contributed by atoms with E-state index in [1.54, 1.807) is 0 Å². The van der Waals surface area contributed by atoms with Gasteiger partial charge in [-0.3, -0.25) is 4.57 Å². The van der Waals surface area contributed by atoms with Gasteiger partial charge in [-0.1, -0.05) is 66.2 Å². The molecule has 0 aliphatic carbocycles. The Labute approximate surface area is 150 Å². The zero-order valence-corrected chi connectivity index (χ0v) is 18.9. The first-order valence-corrected chi connectivity index (χ1v) is 10.0. The summed E-state index contributed by atoms with van der Waals surface area (Å²) in [5.74, 6) is 0.607. The van der Waals surface area contributed by atoms with Crippen LogP contribution in [0.1, 0.15) is 79.1 Å². The zero-order chi connectivity index (χ0) is 16.1. The van der Waals surface area contributed by atoms with Crippen LogP contribution in [0.3, 0.4) is 0 Å². The Kier molecular flexibility index (Phi) is 17.3. The van der Waals surface area contributed by atoms with Gasteiger partial charge in [0.15, 0.2) is 0 Å². The Hall–Kier alpha value is 0.733. The summed E-state index contributed by atoms with van der Waals surface area (Å²) in [5.41, 5.74) is 0. The maximum absolute atomic E-state index is 11.8. The SMILES string of the molecule is CCCCC(CC)COP(=O)([O-])OCC(CC)CCCC.[Zn+2]. The molecule has 22 heavy (non-hydrogen) atoms. The largest absolute Gasteiger partial charge is 2.00 e. The van der Waals surface area contributed by atoms with Crippen molar-refractivity contribution >= 4 is 7.82 Å². The topological polar surface area (TPSA) is 58.6 Å². The Balaban J connectivity index is 0. The van der Waals surface area contributed by atoms with Crippen LogP contribution in [0, 0.1) is 11.8 Å². The molecule has 2 unspecified atom stereocenters. The molecule has 0 fully saturated rings. The van der Waals surface area contributed by atoms with Gasteiger partial charge in [-0.25, -0.2) is 0 Å². The van der Waals surface area contributed by atoms with E-state index in [0.717, 1.165) is 51.4 Å². The van der Waals surface area contributed by atoms with Gasteiger partial charge < -0.3 is 13.9 Å². The summed E-state index contributed by atoms with van der Waals surface area (Å²) in [6.45, 7) is 8.91. The number of phosphoric ester groups is 1. The van der Waals surface area contributed by atoms with E-state index in [0.29, 0.717) is 11.8 Å². The summed E-state index contributed by atoms with van der Waals surface area (Å²) < 4.78 is 21.9. The van der Waals surface area contributed by atoms with E-state index in [9.17, 15) is 9.46 Å². The van der Waals surface area contributed by atoms with E-state index in [4.69, 9.17) is 9.05 Å². The molecule has 0 bridgehead atoms. The van der Waals surface area contributed by atoms with Gasteiger partial charge in [0.1, 0.15) is 0 Å². The molecule has 0 amide bonds. The van der Waals surface area contributed by atoms with Crippen LogP contribution in [0.25, 0.3) is 0 Å². The van der Waals surface area contributed by atoms with Gasteiger partial charge in [-0.15, -0.1) is 0 Å². The fraction of sp³-hybridized carbons (Fsp3) is 1.00. The summed E-state index contributed by atoms with van der Waals surface area (Å²) in [6, 6.07) is 0. The predicted octanol–water partition coefficient (Wildman–Crippen LogP) is 4.92. The van der Waals surface area contributed by atoms with Crippen molar-refractivity contribution in [3.8, 4) is 0 Å². The van der Waals surface area contributed by atoms with Crippen molar-refractivity contribution in [1.82, 2.24) is 0 Å². The Morgan fingerprint density at radius 2 is 1.23 bits per heavy atom. The number of hydrogen-bond acceptors (Lipinski definition) is 4. The second kappa shape index (κ2) is 15.3. The molecule has 0 aromatic carbocycles. The molecule has 2 atom stereocenters. The molecule has 4 nitrogen and oxygen atoms in total. The van der Waals surface area contributed by atoms with E-state index >= 15 is 0 Å². The third-order valence-electron chi connectivity index (χ3n) is 4.02. The average molecular weight is 387 g/mol. The van der Waals surface area contributed by atoms with Crippen molar-refractivity contribution in [3.63, 3.8) is 0 Å². The maximum Gasteiger partial charge on any atom is 2.00 e. The van der Waals surface area contributed by atoms with Crippen molar-refractivity contribution in [1.29, 1.82) is 0 Å². The molecule has 0 aliphatic rings. The van der Waals surface area contributed by atoms with E-state index in [-0.39, 0.29) is 32.7 Å². The molecule has 0 saturated carbocycles. The van der Waals surface area contributed by atoms with Gasteiger partial charge >= 0.3 is 19.5 Å². The quantitative estimate of drug-likeness (QED) is 0.314. The molecule has 128 valence electrons. The van der Waals surface area contributed by atoms with E-state index in [1.165, 1.54) is 0 Å². The summed E-state index contributed by atoms with van der Waals surface area (Å²) >= 11 is 0. The summed E-state index contributed by atoms with van der Waals surface area (Å²) in [5, 5.41) is 0. The second-order valence-corrected chi connectivity index (χ2v) is 7.28. The number of phosphoric acid groups is 1. The number of hydrogen-bond donors (Lipinski definition) is 0. The monoisotopic (exact) mass is 385 g/mol. The van der Waals surface area contributed by atoms with Gasteiger partial charge in [0.25, 0.3) is 7.82 Å². The van der Waals surface area contributed by atoms with Crippen LogP contribution >= 0.6 is 7.82 Å². The average Bonchev–Trinajstić information content (AvgIpc) is 2.47. The van der Waals surface area contributed by atoms with E-state index < -0.39 is 7.82 Å². The van der Waals surface area contributed by atoms with Crippen LogP contribution in [0.2, 0.25) is 0 Å². The molecule has 0 aromatic heterocycles. The van der Waals surface area contributed by atoms with Gasteiger partial charge in [0, 0.05) is 0 Å². The summed E-state index contributed by atoms with van der Waals surface area (Å²) in [7, 11) is -4.14. The molecule has 6 heteroatoms. The molecule has 0 rings (SSSR count). The minimum absolute atomic E-state index is 0. The van der Waals surface area contributed by atoms with Crippen LogP contribution in [-0.2, 0) is 33.1 Å². The maximum atomic E-state index is 11.8. The molecule has 0 spiro atoms. The molecule has 0 heterocycles. The van der Waals surface area contributed by atoms with Crippen LogP contribution in [0.5, 0.6) is 0 Å². The third-order valence-corrected chi connectivity index (χ3v) is 4.95. The van der Waals surface area contributed by atoms with Crippen molar-refractivity contribution in [2.45, 2.75) is 79.1 Å². The Morgan fingerprint density at radius 3 is 1.50 bits per heavy atom. The fourth-order valence-electron chi connectivity index (χ4n) is 2.23. The van der Waals surface area contributed by atoms with E-state index in [2.05, 4.69) is 27.7 Å². The minimum Gasteiger partial charge on any atom is -0.756 e. The molecule has 0 aliphatic heterocycles. The fourth-order valence-corrected chi connectivity index (χ4v) is 3.09. The van der Waals surface area contributed by atoms with Crippen molar-refractivity contribution in [2.75, 3.05) is 13.2 Å².